The third-order valence-corrected chi connectivity index (χ3v) is 6.06. The Morgan fingerprint density at radius 2 is 2.03 bits per heavy atom. The first-order valence-corrected chi connectivity index (χ1v) is 11.0. The van der Waals surface area contributed by atoms with E-state index in [4.69, 9.17) is 13.0 Å². The number of halogens is 1. The van der Waals surface area contributed by atoms with Crippen LogP contribution in [0.5, 0.6) is 0 Å². The summed E-state index contributed by atoms with van der Waals surface area (Å²) in [7, 11) is 0. The Balaban J connectivity index is 1.48. The van der Waals surface area contributed by atoms with Gasteiger partial charge in [-0.05, 0) is 44.7 Å². The zero-order chi connectivity index (χ0) is 22.0. The number of benzene rings is 1. The highest BCUT2D eigenvalue weighted by atomic mass is 35.5. The Morgan fingerprint density at radius 3 is 2.80 bits per heavy atom. The SMILES string of the molecule is [2H]c1cc(C)c(NC(=O)c2cnc(Nc3cc(N4CCCCC4)nc(C)n3)s2)c(Cl)c1. The van der Waals surface area contributed by atoms with Crippen molar-refractivity contribution in [3.05, 3.63) is 51.7 Å². The van der Waals surface area contributed by atoms with Crippen LogP contribution in [0.3, 0.4) is 0 Å². The number of piperidine rings is 1. The third-order valence-electron chi connectivity index (χ3n) is 4.85. The fourth-order valence-electron chi connectivity index (χ4n) is 3.35. The molecule has 4 rings (SSSR count). The molecular formula is C21H23ClN6OS. The highest BCUT2D eigenvalue weighted by Gasteiger charge is 2.16. The maximum Gasteiger partial charge on any atom is 0.267 e. The number of rotatable bonds is 5. The minimum atomic E-state index is -0.304. The molecule has 1 aromatic carbocycles. The van der Waals surface area contributed by atoms with Gasteiger partial charge < -0.3 is 15.5 Å². The molecule has 0 aliphatic carbocycles. The largest absolute Gasteiger partial charge is 0.356 e. The van der Waals surface area contributed by atoms with Crippen LogP contribution < -0.4 is 15.5 Å². The molecule has 2 N–H and O–H groups in total. The summed E-state index contributed by atoms with van der Waals surface area (Å²) in [4.78, 5) is 28.7. The summed E-state index contributed by atoms with van der Waals surface area (Å²) in [5.41, 5.74) is 1.23. The molecule has 1 saturated heterocycles. The van der Waals surface area contributed by atoms with Crippen molar-refractivity contribution >= 4 is 51.3 Å². The normalized spacial score (nSPS) is 14.4. The van der Waals surface area contributed by atoms with Crippen molar-refractivity contribution in [2.45, 2.75) is 33.1 Å². The van der Waals surface area contributed by atoms with Crippen LogP contribution in [0, 0.1) is 13.8 Å². The molecule has 1 aliphatic heterocycles. The van der Waals surface area contributed by atoms with Gasteiger partial charge >= 0.3 is 0 Å². The second-order valence-corrected chi connectivity index (χ2v) is 8.61. The van der Waals surface area contributed by atoms with Gasteiger partial charge in [0.2, 0.25) is 0 Å². The van der Waals surface area contributed by atoms with E-state index in [1.807, 2.05) is 13.0 Å². The van der Waals surface area contributed by atoms with Crippen molar-refractivity contribution in [2.24, 2.45) is 0 Å². The van der Waals surface area contributed by atoms with E-state index in [0.29, 0.717) is 38.4 Å². The van der Waals surface area contributed by atoms with Gasteiger partial charge in [0.05, 0.1) is 18.3 Å². The summed E-state index contributed by atoms with van der Waals surface area (Å²) in [6.45, 7) is 5.67. The quantitative estimate of drug-likeness (QED) is 0.564. The lowest BCUT2D eigenvalue weighted by atomic mass is 10.1. The number of amides is 1. The first kappa shape index (κ1) is 19.3. The summed E-state index contributed by atoms with van der Waals surface area (Å²) in [6.07, 6.45) is 5.12. The molecule has 7 nitrogen and oxygen atoms in total. The maximum absolute atomic E-state index is 12.7. The Kier molecular flexibility index (Phi) is 5.76. The fourth-order valence-corrected chi connectivity index (χ4v) is 4.33. The molecule has 1 fully saturated rings. The van der Waals surface area contributed by atoms with Crippen LogP contribution >= 0.6 is 22.9 Å². The molecule has 1 aliphatic rings. The average molecular weight is 444 g/mol. The number of hydrogen-bond acceptors (Lipinski definition) is 7. The van der Waals surface area contributed by atoms with Gasteiger partial charge in [-0.3, -0.25) is 4.79 Å². The lowest BCUT2D eigenvalue weighted by Crippen LogP contribution is -2.30. The highest BCUT2D eigenvalue weighted by Crippen LogP contribution is 2.28. The summed E-state index contributed by atoms with van der Waals surface area (Å²) in [5, 5.41) is 6.91. The van der Waals surface area contributed by atoms with Crippen molar-refractivity contribution in [2.75, 3.05) is 28.6 Å². The van der Waals surface area contributed by atoms with Crippen molar-refractivity contribution < 1.29 is 6.17 Å². The summed E-state index contributed by atoms with van der Waals surface area (Å²) in [5.74, 6) is 1.94. The van der Waals surface area contributed by atoms with E-state index in [0.717, 1.165) is 24.5 Å². The molecule has 0 saturated carbocycles. The molecule has 2 aromatic heterocycles. The molecule has 156 valence electrons. The highest BCUT2D eigenvalue weighted by molar-refractivity contribution is 7.17. The Morgan fingerprint density at radius 1 is 1.23 bits per heavy atom. The van der Waals surface area contributed by atoms with E-state index in [1.54, 1.807) is 13.0 Å². The van der Waals surface area contributed by atoms with Gasteiger partial charge in [0.25, 0.3) is 5.91 Å². The molecule has 0 bridgehead atoms. The third kappa shape index (κ3) is 4.71. The number of carbonyl (C=O) groups excluding carboxylic acids is 1. The molecule has 30 heavy (non-hydrogen) atoms. The molecule has 0 atom stereocenters. The van der Waals surface area contributed by atoms with Gasteiger partial charge in [0.1, 0.15) is 22.3 Å². The van der Waals surface area contributed by atoms with Gasteiger partial charge in [0, 0.05) is 19.2 Å². The molecule has 3 heterocycles. The number of thiazole rings is 1. The van der Waals surface area contributed by atoms with Crippen molar-refractivity contribution in [1.29, 1.82) is 0 Å². The topological polar surface area (TPSA) is 83.0 Å². The Bertz CT molecular complexity index is 1090. The predicted molar refractivity (Wildman–Crippen MR) is 122 cm³/mol. The smallest absolute Gasteiger partial charge is 0.267 e. The second kappa shape index (κ2) is 8.97. The van der Waals surface area contributed by atoms with Crippen LogP contribution in [0.25, 0.3) is 0 Å². The average Bonchev–Trinajstić information content (AvgIpc) is 3.19. The van der Waals surface area contributed by atoms with E-state index in [1.165, 1.54) is 42.9 Å². The minimum absolute atomic E-state index is 0.300. The number of para-hydroxylation sites is 1. The zero-order valence-corrected chi connectivity index (χ0v) is 18.4. The van der Waals surface area contributed by atoms with Crippen molar-refractivity contribution in [1.82, 2.24) is 15.0 Å². The van der Waals surface area contributed by atoms with Crippen LogP contribution in [-0.2, 0) is 0 Å². The van der Waals surface area contributed by atoms with E-state index in [2.05, 4.69) is 30.5 Å². The monoisotopic (exact) mass is 443 g/mol. The van der Waals surface area contributed by atoms with E-state index >= 15 is 0 Å². The van der Waals surface area contributed by atoms with E-state index < -0.39 is 0 Å². The van der Waals surface area contributed by atoms with Crippen molar-refractivity contribution in [3.63, 3.8) is 0 Å². The molecule has 9 heteroatoms. The molecule has 0 spiro atoms. The molecule has 0 unspecified atom stereocenters. The number of nitrogens with one attached hydrogen (secondary N) is 2. The Hall–Kier alpha value is -2.71. The van der Waals surface area contributed by atoms with Crippen LogP contribution in [0.1, 0.15) is 41.7 Å². The number of anilines is 4. The summed E-state index contributed by atoms with van der Waals surface area (Å²) >= 11 is 7.42. The molecule has 1 amide bonds. The van der Waals surface area contributed by atoms with Gasteiger partial charge in [-0.15, -0.1) is 0 Å². The standard InChI is InChI=1S/C21H23ClN6OS/c1-13-7-6-8-15(22)19(13)27-20(29)16-12-23-21(30-16)26-17-11-18(25-14(2)24-17)28-9-4-3-5-10-28/h6-8,11-12H,3-5,9-10H2,1-2H3,(H,27,29)(H,23,24,25,26)/i6D. The molecular weight excluding hydrogens is 420 g/mol. The van der Waals surface area contributed by atoms with Crippen LogP contribution in [-0.4, -0.2) is 33.9 Å². The molecule has 3 aromatic rings. The first-order valence-electron chi connectivity index (χ1n) is 10.3. The summed E-state index contributed by atoms with van der Waals surface area (Å²) < 4.78 is 7.70. The number of carbonyl (C=O) groups is 1. The van der Waals surface area contributed by atoms with E-state index in [-0.39, 0.29) is 5.91 Å². The number of nitrogens with zero attached hydrogens (tertiary/aromatic N) is 4. The van der Waals surface area contributed by atoms with Gasteiger partial charge in [0.15, 0.2) is 5.13 Å². The van der Waals surface area contributed by atoms with Crippen LogP contribution in [0.2, 0.25) is 5.02 Å². The molecule has 0 radical (unpaired) electrons. The number of aromatic nitrogens is 3. The van der Waals surface area contributed by atoms with Crippen molar-refractivity contribution in [3.8, 4) is 0 Å². The van der Waals surface area contributed by atoms with Gasteiger partial charge in [-0.2, -0.15) is 0 Å². The predicted octanol–water partition coefficient (Wildman–Crippen LogP) is 5.19. The maximum atomic E-state index is 12.7. The number of aryl methyl sites for hydroxylation is 2. The van der Waals surface area contributed by atoms with Crippen LogP contribution in [0.15, 0.2) is 30.4 Å². The first-order chi connectivity index (χ1) is 14.9. The van der Waals surface area contributed by atoms with Gasteiger partial charge in [-0.1, -0.05) is 35.0 Å². The number of hydrogen-bond donors (Lipinski definition) is 2. The summed E-state index contributed by atoms with van der Waals surface area (Å²) in [6, 6.07) is 5.37. The van der Waals surface area contributed by atoms with Crippen LogP contribution in [0.4, 0.5) is 22.5 Å². The van der Waals surface area contributed by atoms with Gasteiger partial charge in [-0.25, -0.2) is 15.0 Å². The Labute approximate surface area is 185 Å². The zero-order valence-electron chi connectivity index (χ0n) is 17.8. The lowest BCUT2D eigenvalue weighted by molar-refractivity contribution is 0.103. The fraction of sp³-hybridized carbons (Fsp3) is 0.333. The lowest BCUT2D eigenvalue weighted by Gasteiger charge is -2.28. The van der Waals surface area contributed by atoms with E-state index in [9.17, 15) is 4.79 Å². The second-order valence-electron chi connectivity index (χ2n) is 7.18. The minimum Gasteiger partial charge on any atom is -0.356 e.